The van der Waals surface area contributed by atoms with Crippen LogP contribution in [-0.4, -0.2) is 40.2 Å². The molecule has 2 amide bonds. The van der Waals surface area contributed by atoms with Crippen molar-refractivity contribution in [3.63, 3.8) is 0 Å². The Kier molecular flexibility index (Phi) is 6.52. The summed E-state index contributed by atoms with van der Waals surface area (Å²) < 4.78 is -0.0677. The molecule has 18 heavy (non-hydrogen) atoms. The molecule has 0 fully saturated rings. The van der Waals surface area contributed by atoms with E-state index in [-0.39, 0.29) is 4.75 Å². The highest BCUT2D eigenvalue weighted by molar-refractivity contribution is 7.99. The topological polar surface area (TPSA) is 78.4 Å². The van der Waals surface area contributed by atoms with E-state index in [1.54, 1.807) is 11.8 Å². The van der Waals surface area contributed by atoms with E-state index in [9.17, 15) is 9.59 Å². The van der Waals surface area contributed by atoms with Crippen molar-refractivity contribution in [3.05, 3.63) is 0 Å². The van der Waals surface area contributed by atoms with Crippen LogP contribution in [0.5, 0.6) is 0 Å². The number of carbonyl (C=O) groups excluding carboxylic acids is 1. The van der Waals surface area contributed by atoms with E-state index in [2.05, 4.69) is 10.6 Å². The van der Waals surface area contributed by atoms with Gasteiger partial charge in [0.05, 0.1) is 0 Å². The first-order valence-corrected chi connectivity index (χ1v) is 7.24. The predicted molar refractivity (Wildman–Crippen MR) is 75.1 cm³/mol. The highest BCUT2D eigenvalue weighted by Crippen LogP contribution is 2.19. The molecule has 0 heterocycles. The number of thioether (sulfide) groups is 1. The molecule has 0 aliphatic rings. The molecule has 0 aromatic heterocycles. The van der Waals surface area contributed by atoms with Crippen LogP contribution in [0, 0.1) is 0 Å². The highest BCUT2D eigenvalue weighted by atomic mass is 32.2. The minimum atomic E-state index is -1.21. The molecule has 106 valence electrons. The summed E-state index contributed by atoms with van der Waals surface area (Å²) >= 11 is 1.64. The Morgan fingerprint density at radius 2 is 1.83 bits per heavy atom. The van der Waals surface area contributed by atoms with Crippen LogP contribution >= 0.6 is 11.8 Å². The second kappa shape index (κ2) is 6.87. The van der Waals surface area contributed by atoms with Gasteiger partial charge in [0.15, 0.2) is 0 Å². The van der Waals surface area contributed by atoms with Crippen LogP contribution in [0.1, 0.15) is 40.5 Å². The van der Waals surface area contributed by atoms with Crippen LogP contribution in [-0.2, 0) is 4.79 Å². The van der Waals surface area contributed by atoms with Gasteiger partial charge in [-0.05, 0) is 33.4 Å². The number of amides is 2. The first-order valence-electron chi connectivity index (χ1n) is 6.01. The van der Waals surface area contributed by atoms with Crippen molar-refractivity contribution in [1.29, 1.82) is 0 Å². The summed E-state index contributed by atoms with van der Waals surface area (Å²) in [5.74, 6) is -1.01. The third-order valence-electron chi connectivity index (χ3n) is 2.84. The minimum absolute atomic E-state index is 0.0677. The average Bonchev–Trinajstić information content (AvgIpc) is 2.26. The van der Waals surface area contributed by atoms with Gasteiger partial charge in [0.2, 0.25) is 0 Å². The van der Waals surface area contributed by atoms with E-state index >= 15 is 0 Å². The molecule has 0 saturated heterocycles. The first kappa shape index (κ1) is 17.1. The van der Waals surface area contributed by atoms with E-state index in [1.165, 1.54) is 6.92 Å². The van der Waals surface area contributed by atoms with Crippen LogP contribution in [0.25, 0.3) is 0 Å². The Labute approximate surface area is 113 Å². The third kappa shape index (κ3) is 5.62. The lowest BCUT2D eigenvalue weighted by molar-refractivity contribution is -0.144. The van der Waals surface area contributed by atoms with Crippen molar-refractivity contribution in [2.24, 2.45) is 0 Å². The summed E-state index contributed by atoms with van der Waals surface area (Å²) in [6.07, 6.45) is 3.07. The number of carboxylic acids is 1. The molecular formula is C12H24N2O3S. The molecule has 0 saturated carbocycles. The molecule has 0 spiro atoms. The monoisotopic (exact) mass is 276 g/mol. The van der Waals surface area contributed by atoms with Crippen molar-refractivity contribution < 1.29 is 14.7 Å². The summed E-state index contributed by atoms with van der Waals surface area (Å²) in [5, 5.41) is 14.4. The summed E-state index contributed by atoms with van der Waals surface area (Å²) in [7, 11) is 0. The maximum Gasteiger partial charge on any atom is 0.329 e. The fourth-order valence-electron chi connectivity index (χ4n) is 1.38. The van der Waals surface area contributed by atoms with Gasteiger partial charge < -0.3 is 15.7 Å². The average molecular weight is 276 g/mol. The van der Waals surface area contributed by atoms with Crippen LogP contribution in [0.4, 0.5) is 4.79 Å². The number of rotatable bonds is 7. The Morgan fingerprint density at radius 3 is 2.22 bits per heavy atom. The minimum Gasteiger partial charge on any atom is -0.480 e. The Morgan fingerprint density at radius 1 is 1.28 bits per heavy atom. The molecule has 0 aliphatic carbocycles. The number of hydrogen-bond acceptors (Lipinski definition) is 3. The molecule has 0 bridgehead atoms. The summed E-state index contributed by atoms with van der Waals surface area (Å²) in [6.45, 7) is 7.93. The third-order valence-corrected chi connectivity index (χ3v) is 4.09. The van der Waals surface area contributed by atoms with Crippen LogP contribution < -0.4 is 10.6 Å². The lowest BCUT2D eigenvalue weighted by atomic mass is 9.97. The smallest absolute Gasteiger partial charge is 0.329 e. The summed E-state index contributed by atoms with van der Waals surface area (Å²) in [5.41, 5.74) is -1.21. The number of aliphatic carboxylic acids is 1. The van der Waals surface area contributed by atoms with E-state index in [0.717, 1.165) is 0 Å². The van der Waals surface area contributed by atoms with Crippen molar-refractivity contribution >= 4 is 23.8 Å². The number of hydrogen-bond donors (Lipinski definition) is 3. The van der Waals surface area contributed by atoms with E-state index in [1.807, 2.05) is 27.0 Å². The van der Waals surface area contributed by atoms with Crippen LogP contribution in [0.3, 0.4) is 0 Å². The van der Waals surface area contributed by atoms with Gasteiger partial charge in [-0.2, -0.15) is 11.8 Å². The van der Waals surface area contributed by atoms with Gasteiger partial charge in [-0.3, -0.25) is 0 Å². The van der Waals surface area contributed by atoms with Crippen LogP contribution in [0.2, 0.25) is 0 Å². The molecule has 0 rings (SSSR count). The zero-order valence-electron chi connectivity index (χ0n) is 11.8. The molecule has 0 radical (unpaired) electrons. The van der Waals surface area contributed by atoms with E-state index in [0.29, 0.717) is 19.4 Å². The SMILES string of the molecule is CCCC(C)(NC(=O)NCC(C)(C)SC)C(=O)O. The zero-order valence-corrected chi connectivity index (χ0v) is 12.6. The first-order chi connectivity index (χ1) is 8.17. The second-order valence-corrected chi connectivity index (χ2v) is 6.67. The van der Waals surface area contributed by atoms with Gasteiger partial charge >= 0.3 is 12.0 Å². The largest absolute Gasteiger partial charge is 0.480 e. The molecular weight excluding hydrogens is 252 g/mol. The second-order valence-electron chi connectivity index (χ2n) is 5.16. The molecule has 6 heteroatoms. The lowest BCUT2D eigenvalue weighted by Crippen LogP contribution is -2.56. The predicted octanol–water partition coefficient (Wildman–Crippen LogP) is 2.07. The summed E-state index contributed by atoms with van der Waals surface area (Å²) in [4.78, 5) is 22.9. The van der Waals surface area contributed by atoms with Crippen LogP contribution in [0.15, 0.2) is 0 Å². The number of nitrogens with one attached hydrogen (secondary N) is 2. The normalized spacial score (nSPS) is 14.7. The highest BCUT2D eigenvalue weighted by Gasteiger charge is 2.34. The van der Waals surface area contributed by atoms with Crippen molar-refractivity contribution in [3.8, 4) is 0 Å². The Hall–Kier alpha value is -0.910. The van der Waals surface area contributed by atoms with Crippen molar-refractivity contribution in [2.45, 2.75) is 50.8 Å². The fourth-order valence-corrected chi connectivity index (χ4v) is 1.60. The fraction of sp³-hybridized carbons (Fsp3) is 0.833. The van der Waals surface area contributed by atoms with Gasteiger partial charge in [0.1, 0.15) is 5.54 Å². The van der Waals surface area contributed by atoms with E-state index in [4.69, 9.17) is 5.11 Å². The molecule has 3 N–H and O–H groups in total. The maximum atomic E-state index is 11.7. The Balaban J connectivity index is 4.41. The van der Waals surface area contributed by atoms with Crippen molar-refractivity contribution in [2.75, 3.05) is 12.8 Å². The number of carboxylic acid groups (broad SMARTS) is 1. The van der Waals surface area contributed by atoms with Gasteiger partial charge in [-0.25, -0.2) is 9.59 Å². The number of urea groups is 1. The standard InChI is InChI=1S/C12H24N2O3S/c1-6-7-12(4,9(15)16)14-10(17)13-8-11(2,3)18-5/h6-8H2,1-5H3,(H,15,16)(H2,13,14,17). The summed E-state index contributed by atoms with van der Waals surface area (Å²) in [6, 6.07) is -0.435. The van der Waals surface area contributed by atoms with Gasteiger partial charge in [0.25, 0.3) is 0 Å². The van der Waals surface area contributed by atoms with E-state index < -0.39 is 17.5 Å². The Bertz CT molecular complexity index is 308. The quantitative estimate of drug-likeness (QED) is 0.665. The molecule has 5 nitrogen and oxygen atoms in total. The van der Waals surface area contributed by atoms with Gasteiger partial charge in [-0.15, -0.1) is 0 Å². The molecule has 0 aromatic carbocycles. The molecule has 1 atom stereocenters. The van der Waals surface area contributed by atoms with Gasteiger partial charge in [0, 0.05) is 11.3 Å². The van der Waals surface area contributed by atoms with Gasteiger partial charge in [-0.1, -0.05) is 13.3 Å². The lowest BCUT2D eigenvalue weighted by Gasteiger charge is -2.28. The molecule has 1 unspecified atom stereocenters. The molecule has 0 aliphatic heterocycles. The number of carbonyl (C=O) groups is 2. The molecule has 0 aromatic rings. The zero-order chi connectivity index (χ0) is 14.4. The van der Waals surface area contributed by atoms with Crippen molar-refractivity contribution in [1.82, 2.24) is 10.6 Å². The maximum absolute atomic E-state index is 11.7.